The lowest BCUT2D eigenvalue weighted by Crippen LogP contribution is -2.39. The molecule has 0 aliphatic carbocycles. The van der Waals surface area contributed by atoms with Crippen molar-refractivity contribution in [3.8, 4) is 11.5 Å². The zero-order chi connectivity index (χ0) is 48.7. The average molecular weight is 919 g/mol. The lowest BCUT2D eigenvalue weighted by molar-refractivity contribution is -0.125. The molecular weight excluding hydrogens is 845 g/mol. The first-order valence-electron chi connectivity index (χ1n) is 24.1. The summed E-state index contributed by atoms with van der Waals surface area (Å²) in [5.74, 6) is 2.50. The number of aldehydes is 1. The Balaban J connectivity index is 0.000000273. The number of nitrogen functional groups attached to an aromatic ring is 1. The third-order valence-electron chi connectivity index (χ3n) is 12.4. The van der Waals surface area contributed by atoms with Crippen LogP contribution in [0.25, 0.3) is 0 Å². The van der Waals surface area contributed by atoms with Gasteiger partial charge in [0, 0.05) is 62.0 Å². The minimum absolute atomic E-state index is 0.143. The van der Waals surface area contributed by atoms with E-state index >= 15 is 0 Å². The van der Waals surface area contributed by atoms with Gasteiger partial charge in [-0.2, -0.15) is 0 Å². The molecule has 1 aromatic heterocycles. The number of amides is 3. The number of rotatable bonds is 16. The number of para-hydroxylation sites is 1. The second-order valence-corrected chi connectivity index (χ2v) is 16.8. The summed E-state index contributed by atoms with van der Waals surface area (Å²) in [6, 6.07) is 22.6. The smallest absolute Gasteiger partial charge is 0.254 e. The summed E-state index contributed by atoms with van der Waals surface area (Å²) in [7, 11) is 3.81. The summed E-state index contributed by atoms with van der Waals surface area (Å²) in [6.45, 7) is 17.5. The van der Waals surface area contributed by atoms with Crippen molar-refractivity contribution in [3.05, 3.63) is 101 Å². The van der Waals surface area contributed by atoms with E-state index in [0.717, 1.165) is 81.1 Å². The second-order valence-electron chi connectivity index (χ2n) is 16.8. The summed E-state index contributed by atoms with van der Waals surface area (Å²) >= 11 is 0. The van der Waals surface area contributed by atoms with Crippen LogP contribution < -0.4 is 26.0 Å². The van der Waals surface area contributed by atoms with E-state index in [1.165, 1.54) is 38.8 Å². The van der Waals surface area contributed by atoms with Crippen LogP contribution in [0.1, 0.15) is 118 Å². The largest absolute Gasteiger partial charge is 0.457 e. The Hall–Kier alpha value is -6.19. The molecule has 4 aromatic rings. The number of anilines is 3. The van der Waals surface area contributed by atoms with Crippen LogP contribution in [0, 0.1) is 11.3 Å². The highest BCUT2D eigenvalue weighted by Gasteiger charge is 2.26. The standard InChI is InChI=1S/C25H36N4O4.C23H26N6O.2C2H6/c1-19(5-8-24(32)26-18-31)27(2)25(33)23-15-22(7-6-21(23)17-30)29-13-9-20(10-14-29)16-28-11-3-4-12-28;1-29-13-11-17(12-14-29)28-23-20(22(25)26-15-27-23)21(24)16-7-9-19(10-8-16)30-18-5-3-2-4-6-18;2*1-2/h6-7,15,17-20H,3-5,8-14,16H2,1-2H3,(H,26,31,32);2-10,15,17,24H,11-14H2,1H3,(H3,25,26,27,28);2*1-2H3. The highest BCUT2D eigenvalue weighted by Crippen LogP contribution is 2.29. The summed E-state index contributed by atoms with van der Waals surface area (Å²) in [5, 5.41) is 14.3. The van der Waals surface area contributed by atoms with Crippen LogP contribution in [-0.4, -0.2) is 127 Å². The zero-order valence-corrected chi connectivity index (χ0v) is 40.8. The SMILES string of the molecule is CC.CC.CC(CCC(=O)NC=O)N(C)C(=O)c1cc(N2CCC(CN3CCCC3)CC2)ccc1C=O.CN1CCC(Nc2ncnc(N)c2C(=N)c2ccc(Oc3ccccc3)cc2)CC1. The lowest BCUT2D eigenvalue weighted by atomic mass is 9.95. The zero-order valence-electron chi connectivity index (χ0n) is 40.8. The third kappa shape index (κ3) is 16.0. The quantitative estimate of drug-likeness (QED) is 0.0625. The third-order valence-corrected chi connectivity index (χ3v) is 12.4. The van der Waals surface area contributed by atoms with Gasteiger partial charge in [-0.3, -0.25) is 29.9 Å². The molecule has 0 spiro atoms. The van der Waals surface area contributed by atoms with Gasteiger partial charge in [0.05, 0.1) is 16.8 Å². The number of imide groups is 1. The Morgan fingerprint density at radius 1 is 0.881 bits per heavy atom. The van der Waals surface area contributed by atoms with Gasteiger partial charge in [-0.25, -0.2) is 9.97 Å². The molecule has 3 fully saturated rings. The topological polar surface area (TPSA) is 190 Å². The molecule has 15 heteroatoms. The second kappa shape index (κ2) is 28.1. The number of hydrogen-bond donors (Lipinski definition) is 4. The van der Waals surface area contributed by atoms with E-state index < -0.39 is 0 Å². The van der Waals surface area contributed by atoms with Gasteiger partial charge in [0.1, 0.15) is 29.5 Å². The fraction of sp³-hybridized carbons (Fsp3) is 0.481. The van der Waals surface area contributed by atoms with E-state index in [9.17, 15) is 19.2 Å². The van der Waals surface area contributed by atoms with Crippen molar-refractivity contribution in [3.63, 3.8) is 0 Å². The van der Waals surface area contributed by atoms with E-state index in [-0.39, 0.29) is 30.0 Å². The maximum atomic E-state index is 13.2. The molecule has 1 unspecified atom stereocenters. The number of likely N-dealkylation sites (tertiary alicyclic amines) is 2. The van der Waals surface area contributed by atoms with Crippen LogP contribution in [-0.2, 0) is 9.59 Å². The number of nitrogens with zero attached hydrogens (tertiary/aromatic N) is 6. The van der Waals surface area contributed by atoms with E-state index in [1.807, 2.05) is 101 Å². The fourth-order valence-electron chi connectivity index (χ4n) is 8.35. The Kier molecular flexibility index (Phi) is 22.4. The maximum absolute atomic E-state index is 13.2. The number of carbonyl (C=O) groups excluding carboxylic acids is 4. The molecule has 7 rings (SSSR count). The number of piperidine rings is 2. The van der Waals surface area contributed by atoms with Gasteiger partial charge in [0.15, 0.2) is 6.29 Å². The Morgan fingerprint density at radius 2 is 1.52 bits per heavy atom. The van der Waals surface area contributed by atoms with Crippen LogP contribution in [0.15, 0.2) is 79.1 Å². The number of aromatic nitrogens is 2. The Labute approximate surface area is 398 Å². The summed E-state index contributed by atoms with van der Waals surface area (Å²) < 4.78 is 5.84. The Morgan fingerprint density at radius 3 is 2.15 bits per heavy atom. The van der Waals surface area contributed by atoms with Gasteiger partial charge in [-0.1, -0.05) is 45.9 Å². The molecule has 3 aliphatic rings. The molecule has 0 radical (unpaired) electrons. The van der Waals surface area contributed by atoms with Crippen molar-refractivity contribution in [1.29, 1.82) is 5.41 Å². The predicted molar refractivity (Wildman–Crippen MR) is 270 cm³/mol. The number of ether oxygens (including phenoxy) is 1. The molecule has 3 aliphatic heterocycles. The molecule has 362 valence electrons. The first-order chi connectivity index (χ1) is 32.5. The number of nitrogens with two attached hydrogens (primary N) is 1. The van der Waals surface area contributed by atoms with Gasteiger partial charge >= 0.3 is 0 Å². The summed E-state index contributed by atoms with van der Waals surface area (Å²) in [6.07, 6.45) is 10.0. The van der Waals surface area contributed by atoms with E-state index in [0.29, 0.717) is 52.9 Å². The van der Waals surface area contributed by atoms with E-state index in [4.69, 9.17) is 15.9 Å². The molecule has 0 bridgehead atoms. The monoisotopic (exact) mass is 919 g/mol. The van der Waals surface area contributed by atoms with Crippen molar-refractivity contribution >= 4 is 47.5 Å². The van der Waals surface area contributed by atoms with Crippen molar-refractivity contribution in [2.75, 3.05) is 75.9 Å². The molecule has 5 N–H and O–H groups in total. The van der Waals surface area contributed by atoms with E-state index in [2.05, 4.69) is 42.3 Å². The molecule has 1 atom stereocenters. The normalized spacial score (nSPS) is 15.8. The first-order valence-corrected chi connectivity index (χ1v) is 24.1. The van der Waals surface area contributed by atoms with Gasteiger partial charge in [0.2, 0.25) is 12.3 Å². The van der Waals surface area contributed by atoms with Gasteiger partial charge < -0.3 is 35.4 Å². The van der Waals surface area contributed by atoms with Crippen LogP contribution in [0.5, 0.6) is 11.5 Å². The molecule has 3 amide bonds. The number of hydrogen-bond acceptors (Lipinski definition) is 13. The Bertz CT molecular complexity index is 2150. The van der Waals surface area contributed by atoms with Crippen LogP contribution in [0.3, 0.4) is 0 Å². The number of carbonyl (C=O) groups is 4. The molecule has 4 heterocycles. The van der Waals surface area contributed by atoms with Gasteiger partial charge in [0.25, 0.3) is 5.91 Å². The first kappa shape index (κ1) is 53.4. The minimum Gasteiger partial charge on any atom is -0.457 e. The molecule has 15 nitrogen and oxygen atoms in total. The van der Waals surface area contributed by atoms with Gasteiger partial charge in [-0.15, -0.1) is 0 Å². The predicted octanol–water partition coefficient (Wildman–Crippen LogP) is 8.15. The summed E-state index contributed by atoms with van der Waals surface area (Å²) in [4.78, 5) is 64.0. The average Bonchev–Trinajstić information content (AvgIpc) is 3.88. The highest BCUT2D eigenvalue weighted by molar-refractivity contribution is 6.16. The van der Waals surface area contributed by atoms with Crippen LogP contribution in [0.2, 0.25) is 0 Å². The molecule has 3 saturated heterocycles. The highest BCUT2D eigenvalue weighted by atomic mass is 16.5. The maximum Gasteiger partial charge on any atom is 0.254 e. The van der Waals surface area contributed by atoms with Crippen molar-refractivity contribution in [2.45, 2.75) is 98.1 Å². The molecular formula is C52H74N10O5. The van der Waals surface area contributed by atoms with Crippen LogP contribution in [0.4, 0.5) is 17.3 Å². The minimum atomic E-state index is -0.374. The van der Waals surface area contributed by atoms with Crippen LogP contribution >= 0.6 is 0 Å². The van der Waals surface area contributed by atoms with Crippen molar-refractivity contribution < 1.29 is 23.9 Å². The van der Waals surface area contributed by atoms with E-state index in [1.54, 1.807) is 18.0 Å². The fourth-order valence-corrected chi connectivity index (χ4v) is 8.35. The lowest BCUT2D eigenvalue weighted by Gasteiger charge is -2.35. The van der Waals surface area contributed by atoms with Gasteiger partial charge in [-0.05, 0) is 146 Å². The molecule has 3 aromatic carbocycles. The summed E-state index contributed by atoms with van der Waals surface area (Å²) in [5.41, 5.74) is 9.42. The molecule has 0 saturated carbocycles. The number of nitrogens with one attached hydrogen (secondary N) is 3. The molecule has 67 heavy (non-hydrogen) atoms. The van der Waals surface area contributed by atoms with Crippen molar-refractivity contribution in [2.24, 2.45) is 5.92 Å². The van der Waals surface area contributed by atoms with Crippen molar-refractivity contribution in [1.82, 2.24) is 30.0 Å². The number of benzene rings is 3.